The molecule has 0 unspecified atom stereocenters. The number of rotatable bonds is 2. The maximum atomic E-state index is 11.0. The lowest BCUT2D eigenvalue weighted by molar-refractivity contribution is -0.0599. The van der Waals surface area contributed by atoms with Gasteiger partial charge in [0, 0.05) is 29.3 Å². The molecule has 0 aliphatic carbocycles. The van der Waals surface area contributed by atoms with Gasteiger partial charge in [-0.15, -0.1) is 0 Å². The molecule has 2 fully saturated rings. The van der Waals surface area contributed by atoms with Gasteiger partial charge in [0.15, 0.2) is 0 Å². The van der Waals surface area contributed by atoms with Gasteiger partial charge < -0.3 is 19.7 Å². The highest BCUT2D eigenvalue weighted by atomic mass is 16.5. The number of hydrogen-bond donors (Lipinski definition) is 2. The highest BCUT2D eigenvalue weighted by molar-refractivity contribution is 5.77. The first-order valence-corrected chi connectivity index (χ1v) is 12.1. The molecule has 2 aromatic rings. The molecule has 172 valence electrons. The van der Waals surface area contributed by atoms with Crippen molar-refractivity contribution in [3.8, 4) is 22.6 Å². The minimum atomic E-state index is -0.324. The second-order valence-corrected chi connectivity index (χ2v) is 9.75. The zero-order valence-corrected chi connectivity index (χ0v) is 19.2. The molecule has 5 nitrogen and oxygen atoms in total. The molecule has 32 heavy (non-hydrogen) atoms. The van der Waals surface area contributed by atoms with Crippen LogP contribution in [0.15, 0.2) is 36.4 Å². The average Bonchev–Trinajstić information content (AvgIpc) is 2.81. The quantitative estimate of drug-likeness (QED) is 0.725. The molecule has 2 saturated heterocycles. The largest absolute Gasteiger partial charge is 0.496 e. The van der Waals surface area contributed by atoms with Gasteiger partial charge in [0.1, 0.15) is 11.5 Å². The Morgan fingerprint density at radius 2 is 1.44 bits per heavy atom. The van der Waals surface area contributed by atoms with E-state index in [0.29, 0.717) is 12.1 Å². The number of aryl methyl sites for hydroxylation is 1. The first-order chi connectivity index (χ1) is 15.6. The van der Waals surface area contributed by atoms with Crippen LogP contribution in [0.5, 0.6) is 11.5 Å². The summed E-state index contributed by atoms with van der Waals surface area (Å²) in [6.07, 6.45) is 6.74. The average molecular weight is 438 g/mol. The minimum absolute atomic E-state index is 0.140. The van der Waals surface area contributed by atoms with Gasteiger partial charge in [-0.1, -0.05) is 18.6 Å². The lowest BCUT2D eigenvalue weighted by Crippen LogP contribution is -2.54. The van der Waals surface area contributed by atoms with E-state index >= 15 is 0 Å². The fourth-order valence-corrected chi connectivity index (χ4v) is 6.30. The summed E-state index contributed by atoms with van der Waals surface area (Å²) in [5.74, 6) is 1.64. The molecule has 4 bridgehead atoms. The van der Waals surface area contributed by atoms with Crippen molar-refractivity contribution in [2.45, 2.75) is 81.7 Å². The summed E-state index contributed by atoms with van der Waals surface area (Å²) in [6.45, 7) is 0. The highest BCUT2D eigenvalue weighted by Crippen LogP contribution is 2.45. The van der Waals surface area contributed by atoms with Gasteiger partial charge in [0.2, 0.25) is 0 Å². The molecular weight excluding hydrogens is 402 g/mol. The van der Waals surface area contributed by atoms with Crippen molar-refractivity contribution in [3.05, 3.63) is 47.5 Å². The van der Waals surface area contributed by atoms with Crippen LogP contribution in [0.2, 0.25) is 0 Å². The Labute approximate surface area is 191 Å². The summed E-state index contributed by atoms with van der Waals surface area (Å²) in [6, 6.07) is 13.6. The van der Waals surface area contributed by atoms with Gasteiger partial charge in [-0.25, -0.2) is 0 Å². The van der Waals surface area contributed by atoms with Gasteiger partial charge in [-0.2, -0.15) is 0 Å². The predicted octanol–water partition coefficient (Wildman–Crippen LogP) is 4.49. The molecule has 0 amide bonds. The number of ether oxygens (including phenoxy) is 2. The molecule has 0 aromatic heterocycles. The molecular formula is C27H35NO4. The van der Waals surface area contributed by atoms with Gasteiger partial charge >= 0.3 is 0 Å². The zero-order chi connectivity index (χ0) is 22.2. The molecule has 3 aliphatic heterocycles. The topological polar surface area (TPSA) is 62.2 Å². The number of hydrogen-bond acceptors (Lipinski definition) is 5. The van der Waals surface area contributed by atoms with E-state index in [4.69, 9.17) is 9.47 Å². The lowest BCUT2D eigenvalue weighted by Gasteiger charge is -2.51. The Kier molecular flexibility index (Phi) is 6.15. The van der Waals surface area contributed by atoms with E-state index in [-0.39, 0.29) is 18.2 Å². The number of benzene rings is 2. The SMILES string of the molecule is COc1ccc2cc1-c1cc(ccc1OC)[C@H]1C[C@@H](O)C[C@H]3CCC[C@H](C[C@H](O)CC2)N31. The third kappa shape index (κ3) is 4.02. The van der Waals surface area contributed by atoms with E-state index in [0.717, 1.165) is 67.6 Å². The molecule has 3 heterocycles. The molecule has 5 heteroatoms. The van der Waals surface area contributed by atoms with Crippen molar-refractivity contribution in [2.75, 3.05) is 14.2 Å². The second-order valence-electron chi connectivity index (χ2n) is 9.75. The van der Waals surface area contributed by atoms with Crippen molar-refractivity contribution in [1.82, 2.24) is 4.90 Å². The minimum Gasteiger partial charge on any atom is -0.496 e. The molecule has 2 aromatic carbocycles. The summed E-state index contributed by atoms with van der Waals surface area (Å²) in [4.78, 5) is 2.63. The Morgan fingerprint density at radius 3 is 2.16 bits per heavy atom. The summed E-state index contributed by atoms with van der Waals surface area (Å²) in [7, 11) is 3.41. The van der Waals surface area contributed by atoms with Crippen LogP contribution >= 0.6 is 0 Å². The molecule has 5 rings (SSSR count). The van der Waals surface area contributed by atoms with Gasteiger partial charge in [0.05, 0.1) is 26.4 Å². The maximum absolute atomic E-state index is 11.0. The van der Waals surface area contributed by atoms with Crippen LogP contribution < -0.4 is 9.47 Å². The number of methoxy groups -OCH3 is 2. The highest BCUT2D eigenvalue weighted by Gasteiger charge is 2.42. The monoisotopic (exact) mass is 437 g/mol. The van der Waals surface area contributed by atoms with Crippen molar-refractivity contribution in [1.29, 1.82) is 0 Å². The number of nitrogens with zero attached hydrogens (tertiary/aromatic N) is 1. The van der Waals surface area contributed by atoms with Crippen LogP contribution in [0, 0.1) is 0 Å². The lowest BCUT2D eigenvalue weighted by atomic mass is 9.80. The molecule has 5 atom stereocenters. The standard InChI is InChI=1S/C27H35NO4/c1-31-26-10-7-17-6-9-21(29)14-19-4-3-5-20-15-22(30)16-25(28(19)20)18-8-11-27(32-2)24(13-18)23(26)12-17/h7-8,10-13,19-22,25,29-30H,3-6,9,14-16H2,1-2H3/t19-,20-,21-,22+,25-/m1/s1. The van der Waals surface area contributed by atoms with Crippen molar-refractivity contribution in [3.63, 3.8) is 0 Å². The Hall–Kier alpha value is -2.08. The first-order valence-electron chi connectivity index (χ1n) is 12.1. The van der Waals surface area contributed by atoms with Gasteiger partial charge in [0.25, 0.3) is 0 Å². The Balaban J connectivity index is 1.68. The third-order valence-corrected chi connectivity index (χ3v) is 7.79. The molecule has 2 N–H and O–H groups in total. The van der Waals surface area contributed by atoms with E-state index in [1.807, 2.05) is 6.07 Å². The van der Waals surface area contributed by atoms with E-state index < -0.39 is 0 Å². The van der Waals surface area contributed by atoms with E-state index in [9.17, 15) is 10.2 Å². The van der Waals surface area contributed by atoms with Crippen LogP contribution in [-0.4, -0.2) is 53.6 Å². The normalized spacial score (nSPS) is 30.3. The zero-order valence-electron chi connectivity index (χ0n) is 19.2. The van der Waals surface area contributed by atoms with E-state index in [2.05, 4.69) is 35.2 Å². The number of fused-ring (bicyclic) bond motifs is 6. The van der Waals surface area contributed by atoms with Gasteiger partial charge in [-0.05, 0) is 80.3 Å². The molecule has 0 saturated carbocycles. The Bertz CT molecular complexity index is 961. The van der Waals surface area contributed by atoms with E-state index in [1.165, 1.54) is 17.5 Å². The summed E-state index contributed by atoms with van der Waals surface area (Å²) in [5.41, 5.74) is 4.44. The van der Waals surface area contributed by atoms with Crippen LogP contribution in [0.4, 0.5) is 0 Å². The number of aliphatic hydroxyl groups is 2. The summed E-state index contributed by atoms with van der Waals surface area (Å²) in [5, 5.41) is 21.7. The summed E-state index contributed by atoms with van der Waals surface area (Å²) < 4.78 is 11.5. The van der Waals surface area contributed by atoms with Crippen LogP contribution in [0.1, 0.15) is 62.1 Å². The van der Waals surface area contributed by atoms with Crippen molar-refractivity contribution in [2.24, 2.45) is 0 Å². The maximum Gasteiger partial charge on any atom is 0.126 e. The second kappa shape index (κ2) is 9.05. The molecule has 0 spiro atoms. The van der Waals surface area contributed by atoms with Crippen molar-refractivity contribution >= 4 is 0 Å². The number of aliphatic hydroxyl groups excluding tert-OH is 2. The van der Waals surface area contributed by atoms with Crippen LogP contribution in [-0.2, 0) is 6.42 Å². The smallest absolute Gasteiger partial charge is 0.126 e. The number of piperidine rings is 2. The summed E-state index contributed by atoms with van der Waals surface area (Å²) >= 11 is 0. The molecule has 3 aliphatic rings. The fraction of sp³-hybridized carbons (Fsp3) is 0.556. The predicted molar refractivity (Wildman–Crippen MR) is 125 cm³/mol. The Morgan fingerprint density at radius 1 is 0.781 bits per heavy atom. The molecule has 0 radical (unpaired) electrons. The van der Waals surface area contributed by atoms with Crippen LogP contribution in [0.25, 0.3) is 11.1 Å². The first kappa shape index (κ1) is 21.7. The van der Waals surface area contributed by atoms with Crippen molar-refractivity contribution < 1.29 is 19.7 Å². The van der Waals surface area contributed by atoms with Crippen LogP contribution in [0.3, 0.4) is 0 Å². The van der Waals surface area contributed by atoms with E-state index in [1.54, 1.807) is 14.2 Å². The van der Waals surface area contributed by atoms with Gasteiger partial charge in [-0.3, -0.25) is 4.90 Å². The fourth-order valence-electron chi connectivity index (χ4n) is 6.30. The third-order valence-electron chi connectivity index (χ3n) is 7.79.